The van der Waals surface area contributed by atoms with Crippen LogP contribution in [0.2, 0.25) is 6.32 Å². The van der Waals surface area contributed by atoms with Gasteiger partial charge in [0, 0.05) is 14.2 Å². The van der Waals surface area contributed by atoms with Crippen LogP contribution in [0.25, 0.3) is 0 Å². The number of hydrogen-bond acceptors (Lipinski definition) is 2. The van der Waals surface area contributed by atoms with Crippen LogP contribution < -0.4 is 0 Å². The van der Waals surface area contributed by atoms with Crippen molar-refractivity contribution in [1.29, 1.82) is 0 Å². The summed E-state index contributed by atoms with van der Waals surface area (Å²) in [4.78, 5) is 0. The third-order valence-corrected chi connectivity index (χ3v) is 2.00. The Hall–Kier alpha value is -0.0151. The van der Waals surface area contributed by atoms with Gasteiger partial charge in [0.15, 0.2) is 0 Å². The molecule has 1 aliphatic heterocycles. The van der Waals surface area contributed by atoms with E-state index < -0.39 is 0 Å². The molecule has 1 saturated heterocycles. The molecular formula is C6H13BO2. The first-order valence-corrected chi connectivity index (χ1v) is 3.44. The molecule has 3 heteroatoms. The summed E-state index contributed by atoms with van der Waals surface area (Å²) in [6, 6.07) is 0.356. The lowest BCUT2D eigenvalue weighted by Crippen LogP contribution is -2.28. The molecule has 0 spiro atoms. The minimum Gasteiger partial charge on any atom is -0.436 e. The number of ether oxygens (including phenoxy) is 1. The summed E-state index contributed by atoms with van der Waals surface area (Å²) in [7, 11) is 3.50. The van der Waals surface area contributed by atoms with Gasteiger partial charge in [-0.1, -0.05) is 6.42 Å². The van der Waals surface area contributed by atoms with E-state index in [1.165, 1.54) is 6.42 Å². The molecule has 0 aliphatic carbocycles. The van der Waals surface area contributed by atoms with Crippen LogP contribution in [0.15, 0.2) is 0 Å². The van der Waals surface area contributed by atoms with E-state index in [2.05, 4.69) is 0 Å². The quantitative estimate of drug-likeness (QED) is 0.516. The zero-order valence-corrected chi connectivity index (χ0v) is 6.09. The van der Waals surface area contributed by atoms with Gasteiger partial charge < -0.3 is 9.39 Å². The summed E-state index contributed by atoms with van der Waals surface area (Å²) in [5.74, 6) is 0. The first kappa shape index (κ1) is 7.10. The van der Waals surface area contributed by atoms with Crippen molar-refractivity contribution in [3.8, 4) is 0 Å². The van der Waals surface area contributed by atoms with Crippen molar-refractivity contribution < 1.29 is 9.39 Å². The smallest absolute Gasteiger partial charge is 0.321 e. The third-order valence-electron chi connectivity index (χ3n) is 2.00. The largest absolute Gasteiger partial charge is 0.436 e. The van der Waals surface area contributed by atoms with E-state index in [9.17, 15) is 0 Å². The van der Waals surface area contributed by atoms with Crippen molar-refractivity contribution in [2.45, 2.75) is 25.2 Å². The molecule has 1 unspecified atom stereocenters. The normalized spacial score (nSPS) is 27.3. The van der Waals surface area contributed by atoms with Gasteiger partial charge in [-0.15, -0.1) is 0 Å². The molecule has 0 saturated carbocycles. The number of methoxy groups -OCH3 is 1. The van der Waals surface area contributed by atoms with Crippen LogP contribution in [-0.2, 0) is 9.39 Å². The van der Waals surface area contributed by atoms with E-state index in [4.69, 9.17) is 9.39 Å². The summed E-state index contributed by atoms with van der Waals surface area (Å²) < 4.78 is 10.4. The zero-order valence-electron chi connectivity index (χ0n) is 6.09. The predicted molar refractivity (Wildman–Crippen MR) is 37.6 cm³/mol. The maximum absolute atomic E-state index is 5.19. The maximum Gasteiger partial charge on any atom is 0.321 e. The highest BCUT2D eigenvalue weighted by atomic mass is 16.5. The standard InChI is InChI=1S/C6H13BO2/c1-8-6-4-3-5-7(6)9-2/h6H,3-5H2,1-2H3. The fraction of sp³-hybridized carbons (Fsp3) is 1.00. The van der Waals surface area contributed by atoms with Crippen LogP contribution in [0, 0.1) is 0 Å². The van der Waals surface area contributed by atoms with Crippen LogP contribution in [0.3, 0.4) is 0 Å². The second kappa shape index (κ2) is 3.23. The summed E-state index contributed by atoms with van der Waals surface area (Å²) in [5, 5.41) is 0. The van der Waals surface area contributed by atoms with Crippen molar-refractivity contribution in [2.75, 3.05) is 14.2 Å². The molecule has 1 heterocycles. The molecule has 0 radical (unpaired) electrons. The van der Waals surface area contributed by atoms with Gasteiger partial charge in [-0.3, -0.25) is 0 Å². The summed E-state index contributed by atoms with van der Waals surface area (Å²) >= 11 is 0. The van der Waals surface area contributed by atoms with Crippen molar-refractivity contribution in [2.24, 2.45) is 0 Å². The second-order valence-corrected chi connectivity index (χ2v) is 2.48. The van der Waals surface area contributed by atoms with Gasteiger partial charge in [0.05, 0.1) is 6.00 Å². The van der Waals surface area contributed by atoms with Crippen molar-refractivity contribution in [1.82, 2.24) is 0 Å². The van der Waals surface area contributed by atoms with E-state index in [1.54, 1.807) is 14.2 Å². The fourth-order valence-corrected chi connectivity index (χ4v) is 1.43. The first-order chi connectivity index (χ1) is 4.38. The van der Waals surface area contributed by atoms with E-state index in [1.807, 2.05) is 0 Å². The molecule has 1 aliphatic rings. The Morgan fingerprint density at radius 1 is 1.44 bits per heavy atom. The molecule has 0 aromatic carbocycles. The van der Waals surface area contributed by atoms with Gasteiger partial charge >= 0.3 is 6.92 Å². The monoisotopic (exact) mass is 128 g/mol. The fourth-order valence-electron chi connectivity index (χ4n) is 1.43. The molecule has 0 N–H and O–H groups in total. The number of hydrogen-bond donors (Lipinski definition) is 0. The zero-order chi connectivity index (χ0) is 6.69. The average molecular weight is 128 g/mol. The molecule has 0 bridgehead atoms. The molecule has 1 rings (SSSR count). The first-order valence-electron chi connectivity index (χ1n) is 3.44. The van der Waals surface area contributed by atoms with Gasteiger partial charge in [-0.05, 0) is 12.7 Å². The Balaban J connectivity index is 2.32. The molecular weight excluding hydrogens is 115 g/mol. The Morgan fingerprint density at radius 2 is 2.22 bits per heavy atom. The second-order valence-electron chi connectivity index (χ2n) is 2.48. The predicted octanol–water partition coefficient (Wildman–Crippen LogP) is 0.972. The molecule has 1 fully saturated rings. The van der Waals surface area contributed by atoms with Crippen LogP contribution in [-0.4, -0.2) is 27.1 Å². The maximum atomic E-state index is 5.19. The van der Waals surface area contributed by atoms with Crippen molar-refractivity contribution >= 4 is 6.92 Å². The van der Waals surface area contributed by atoms with Crippen LogP contribution in [0.4, 0.5) is 0 Å². The van der Waals surface area contributed by atoms with E-state index >= 15 is 0 Å². The summed E-state index contributed by atoms with van der Waals surface area (Å²) in [6.45, 7) is 0.356. The average Bonchev–Trinajstić information content (AvgIpc) is 2.33. The minimum atomic E-state index is 0.356. The Labute approximate surface area is 56.6 Å². The molecule has 9 heavy (non-hydrogen) atoms. The minimum absolute atomic E-state index is 0.356. The van der Waals surface area contributed by atoms with E-state index in [0.717, 1.165) is 12.7 Å². The Bertz CT molecular complexity index is 77.1. The lowest BCUT2D eigenvalue weighted by Gasteiger charge is -2.11. The molecule has 0 aromatic rings. The molecule has 1 atom stereocenters. The SMILES string of the molecule is COB1CCCC1OC. The molecule has 0 amide bonds. The van der Waals surface area contributed by atoms with Crippen molar-refractivity contribution in [3.63, 3.8) is 0 Å². The van der Waals surface area contributed by atoms with Crippen LogP contribution in [0.5, 0.6) is 0 Å². The Morgan fingerprint density at radius 3 is 2.67 bits per heavy atom. The highest BCUT2D eigenvalue weighted by Gasteiger charge is 2.31. The van der Waals surface area contributed by atoms with E-state index in [-0.39, 0.29) is 0 Å². The summed E-state index contributed by atoms with van der Waals surface area (Å²) in [6.07, 6.45) is 3.57. The molecule has 2 nitrogen and oxygen atoms in total. The molecule has 0 aromatic heterocycles. The Kier molecular flexibility index (Phi) is 2.55. The molecule has 52 valence electrons. The van der Waals surface area contributed by atoms with E-state index in [0.29, 0.717) is 12.9 Å². The van der Waals surface area contributed by atoms with Gasteiger partial charge in [-0.2, -0.15) is 0 Å². The summed E-state index contributed by atoms with van der Waals surface area (Å²) in [5.41, 5.74) is 0. The number of rotatable bonds is 2. The lowest BCUT2D eigenvalue weighted by molar-refractivity contribution is 0.147. The highest BCUT2D eigenvalue weighted by Crippen LogP contribution is 2.21. The van der Waals surface area contributed by atoms with Gasteiger partial charge in [0.25, 0.3) is 0 Å². The van der Waals surface area contributed by atoms with Crippen molar-refractivity contribution in [3.05, 3.63) is 0 Å². The third kappa shape index (κ3) is 1.46. The van der Waals surface area contributed by atoms with Crippen LogP contribution in [0.1, 0.15) is 12.8 Å². The lowest BCUT2D eigenvalue weighted by atomic mass is 9.64. The topological polar surface area (TPSA) is 18.5 Å². The van der Waals surface area contributed by atoms with Gasteiger partial charge in [-0.25, -0.2) is 0 Å². The highest BCUT2D eigenvalue weighted by molar-refractivity contribution is 6.54. The van der Waals surface area contributed by atoms with Gasteiger partial charge in [0.1, 0.15) is 0 Å². The van der Waals surface area contributed by atoms with Crippen LogP contribution >= 0.6 is 0 Å². The van der Waals surface area contributed by atoms with Gasteiger partial charge in [0.2, 0.25) is 0 Å².